The van der Waals surface area contributed by atoms with Crippen LogP contribution in [0.15, 0.2) is 28.8 Å². The van der Waals surface area contributed by atoms with Crippen LogP contribution in [0.1, 0.15) is 45.0 Å². The highest BCUT2D eigenvalue weighted by Gasteiger charge is 2.31. The van der Waals surface area contributed by atoms with E-state index in [2.05, 4.69) is 10.1 Å². The molecule has 2 N–H and O–H groups in total. The van der Waals surface area contributed by atoms with E-state index in [1.165, 1.54) is 0 Å². The Kier molecular flexibility index (Phi) is 4.05. The third-order valence-electron chi connectivity index (χ3n) is 3.33. The molecule has 114 valence electrons. The maximum Gasteiger partial charge on any atom is 0.232 e. The number of rotatable bonds is 4. The topological polar surface area (TPSA) is 74.2 Å². The van der Waals surface area contributed by atoms with Crippen LogP contribution in [0.2, 0.25) is 0 Å². The van der Waals surface area contributed by atoms with Crippen molar-refractivity contribution in [1.82, 2.24) is 10.1 Å². The molecule has 5 nitrogen and oxygen atoms in total. The Balaban J connectivity index is 2.28. The summed E-state index contributed by atoms with van der Waals surface area (Å²) in [7, 11) is 1.65. The van der Waals surface area contributed by atoms with Crippen LogP contribution in [0.25, 0.3) is 0 Å². The first-order chi connectivity index (χ1) is 9.74. The lowest BCUT2D eigenvalue weighted by Crippen LogP contribution is -2.37. The molecule has 0 saturated heterocycles. The molecule has 1 unspecified atom stereocenters. The van der Waals surface area contributed by atoms with E-state index in [1.807, 2.05) is 52.0 Å². The molecule has 21 heavy (non-hydrogen) atoms. The molecule has 0 radical (unpaired) electrons. The average Bonchev–Trinajstić information content (AvgIpc) is 2.89. The molecule has 0 aliphatic rings. The molecule has 1 heterocycles. The molecule has 0 amide bonds. The minimum atomic E-state index is -0.721. The van der Waals surface area contributed by atoms with E-state index >= 15 is 0 Å². The molecular weight excluding hydrogens is 266 g/mol. The zero-order valence-corrected chi connectivity index (χ0v) is 13.3. The van der Waals surface area contributed by atoms with Crippen LogP contribution in [0.4, 0.5) is 0 Å². The molecule has 5 heteroatoms. The van der Waals surface area contributed by atoms with Crippen molar-refractivity contribution in [3.63, 3.8) is 0 Å². The van der Waals surface area contributed by atoms with Gasteiger partial charge in [-0.2, -0.15) is 4.98 Å². The van der Waals surface area contributed by atoms with Crippen LogP contribution < -0.4 is 10.5 Å². The summed E-state index contributed by atoms with van der Waals surface area (Å²) in [6.45, 7) is 7.98. The van der Waals surface area contributed by atoms with Gasteiger partial charge in [0.2, 0.25) is 5.89 Å². The second kappa shape index (κ2) is 5.48. The van der Waals surface area contributed by atoms with Gasteiger partial charge in [-0.05, 0) is 18.6 Å². The Hall–Kier alpha value is -1.88. The molecule has 0 fully saturated rings. The maximum absolute atomic E-state index is 6.41. The molecule has 1 aromatic carbocycles. The quantitative estimate of drug-likeness (QED) is 0.936. The number of aromatic nitrogens is 2. The molecule has 1 atom stereocenters. The van der Waals surface area contributed by atoms with Gasteiger partial charge in [0.1, 0.15) is 5.75 Å². The van der Waals surface area contributed by atoms with Crippen molar-refractivity contribution in [2.75, 3.05) is 7.11 Å². The number of ether oxygens (including phenoxy) is 1. The second-order valence-corrected chi connectivity index (χ2v) is 6.58. The van der Waals surface area contributed by atoms with E-state index in [0.717, 1.165) is 11.3 Å². The fourth-order valence-corrected chi connectivity index (χ4v) is 2.08. The van der Waals surface area contributed by atoms with Crippen molar-refractivity contribution < 1.29 is 9.26 Å². The van der Waals surface area contributed by atoms with Crippen LogP contribution >= 0.6 is 0 Å². The molecule has 2 aromatic rings. The fraction of sp³-hybridized carbons (Fsp3) is 0.500. The third kappa shape index (κ3) is 3.42. The van der Waals surface area contributed by atoms with Gasteiger partial charge in [-0.15, -0.1) is 0 Å². The van der Waals surface area contributed by atoms with Gasteiger partial charge >= 0.3 is 0 Å². The molecule has 0 saturated carbocycles. The Bertz CT molecular complexity index is 612. The van der Waals surface area contributed by atoms with E-state index in [9.17, 15) is 0 Å². The summed E-state index contributed by atoms with van der Waals surface area (Å²) < 4.78 is 10.7. The Morgan fingerprint density at radius 2 is 1.86 bits per heavy atom. The minimum Gasteiger partial charge on any atom is -0.496 e. The third-order valence-corrected chi connectivity index (χ3v) is 3.33. The van der Waals surface area contributed by atoms with E-state index < -0.39 is 5.54 Å². The van der Waals surface area contributed by atoms with Crippen molar-refractivity contribution in [2.24, 2.45) is 5.73 Å². The van der Waals surface area contributed by atoms with Gasteiger partial charge in [0.15, 0.2) is 5.82 Å². The van der Waals surface area contributed by atoms with Gasteiger partial charge in [-0.1, -0.05) is 44.1 Å². The van der Waals surface area contributed by atoms with Gasteiger partial charge in [-0.25, -0.2) is 0 Å². The predicted molar refractivity (Wildman–Crippen MR) is 81.2 cm³/mol. The fourth-order valence-electron chi connectivity index (χ4n) is 2.08. The predicted octanol–water partition coefficient (Wildman–Crippen LogP) is 2.79. The van der Waals surface area contributed by atoms with Gasteiger partial charge in [0.25, 0.3) is 0 Å². The highest BCUT2D eigenvalue weighted by molar-refractivity contribution is 5.35. The summed E-state index contributed by atoms with van der Waals surface area (Å²) in [6.07, 6.45) is 0.570. The summed E-state index contributed by atoms with van der Waals surface area (Å²) in [6, 6.07) is 7.81. The van der Waals surface area contributed by atoms with Crippen LogP contribution in [-0.2, 0) is 17.4 Å². The van der Waals surface area contributed by atoms with Gasteiger partial charge in [0, 0.05) is 11.8 Å². The van der Waals surface area contributed by atoms with Crippen LogP contribution in [0, 0.1) is 0 Å². The van der Waals surface area contributed by atoms with Crippen molar-refractivity contribution in [3.05, 3.63) is 41.5 Å². The van der Waals surface area contributed by atoms with E-state index in [1.54, 1.807) is 7.11 Å². The zero-order chi connectivity index (χ0) is 15.7. The lowest BCUT2D eigenvalue weighted by atomic mass is 9.92. The van der Waals surface area contributed by atoms with Crippen molar-refractivity contribution in [1.29, 1.82) is 0 Å². The zero-order valence-electron chi connectivity index (χ0n) is 13.3. The van der Waals surface area contributed by atoms with Gasteiger partial charge in [0.05, 0.1) is 12.6 Å². The van der Waals surface area contributed by atoms with Crippen LogP contribution in [0.5, 0.6) is 5.75 Å². The van der Waals surface area contributed by atoms with E-state index in [-0.39, 0.29) is 5.41 Å². The monoisotopic (exact) mass is 289 g/mol. The van der Waals surface area contributed by atoms with Crippen molar-refractivity contribution in [3.8, 4) is 5.75 Å². The lowest BCUT2D eigenvalue weighted by molar-refractivity contribution is 0.311. The molecule has 2 rings (SSSR count). The smallest absolute Gasteiger partial charge is 0.232 e. The SMILES string of the molecule is COc1ccccc1CC(C)(N)c1noc(C(C)(C)C)n1. The Morgan fingerprint density at radius 3 is 2.43 bits per heavy atom. The number of benzene rings is 1. The molecule has 0 bridgehead atoms. The number of para-hydroxylation sites is 1. The maximum atomic E-state index is 6.41. The molecule has 1 aromatic heterocycles. The molecule has 0 aliphatic carbocycles. The number of methoxy groups -OCH3 is 1. The largest absolute Gasteiger partial charge is 0.496 e. The van der Waals surface area contributed by atoms with Crippen LogP contribution in [-0.4, -0.2) is 17.3 Å². The summed E-state index contributed by atoms with van der Waals surface area (Å²) in [5, 5.41) is 4.05. The number of hydrogen-bond donors (Lipinski definition) is 1. The Morgan fingerprint density at radius 1 is 1.19 bits per heavy atom. The lowest BCUT2D eigenvalue weighted by Gasteiger charge is -2.21. The summed E-state index contributed by atoms with van der Waals surface area (Å²) >= 11 is 0. The normalized spacial score (nSPS) is 14.8. The number of nitrogens with zero attached hydrogens (tertiary/aromatic N) is 2. The second-order valence-electron chi connectivity index (χ2n) is 6.58. The summed E-state index contributed by atoms with van der Waals surface area (Å²) in [5.41, 5.74) is 6.52. The number of hydrogen-bond acceptors (Lipinski definition) is 5. The van der Waals surface area contributed by atoms with Gasteiger partial charge < -0.3 is 15.0 Å². The van der Waals surface area contributed by atoms with Crippen molar-refractivity contribution >= 4 is 0 Å². The average molecular weight is 289 g/mol. The minimum absolute atomic E-state index is 0.189. The first kappa shape index (κ1) is 15.5. The summed E-state index contributed by atoms with van der Waals surface area (Å²) in [5.74, 6) is 1.92. The van der Waals surface area contributed by atoms with E-state index in [4.69, 9.17) is 15.0 Å². The molecule has 0 aliphatic heterocycles. The Labute approximate surface area is 125 Å². The number of nitrogens with two attached hydrogens (primary N) is 1. The molecule has 0 spiro atoms. The van der Waals surface area contributed by atoms with Crippen LogP contribution in [0.3, 0.4) is 0 Å². The molecular formula is C16H23N3O2. The standard InChI is InChI=1S/C16H23N3O2/c1-15(2,3)14-18-13(19-21-14)16(4,17)10-11-8-6-7-9-12(11)20-5/h6-9H,10,17H2,1-5H3. The highest BCUT2D eigenvalue weighted by Crippen LogP contribution is 2.28. The van der Waals surface area contributed by atoms with Gasteiger partial charge in [-0.3, -0.25) is 0 Å². The van der Waals surface area contributed by atoms with Crippen molar-refractivity contribution in [2.45, 2.75) is 45.1 Å². The summed E-state index contributed by atoms with van der Waals surface area (Å²) in [4.78, 5) is 4.46. The highest BCUT2D eigenvalue weighted by atomic mass is 16.5. The van der Waals surface area contributed by atoms with E-state index in [0.29, 0.717) is 18.1 Å². The first-order valence-corrected chi connectivity index (χ1v) is 6.99. The first-order valence-electron chi connectivity index (χ1n) is 6.99.